The summed E-state index contributed by atoms with van der Waals surface area (Å²) in [5, 5.41) is 2.81. The standard InChI is InChI=1S/C13H13N3O/c1-10-4-2-7-15-12(10)13(17)16-9-11-5-3-6-14-8-11/h2-8H,9H2,1H3,(H,16,17). The minimum Gasteiger partial charge on any atom is -0.347 e. The van der Waals surface area contributed by atoms with Crippen LogP contribution in [-0.4, -0.2) is 15.9 Å². The first-order chi connectivity index (χ1) is 8.27. The number of carbonyl (C=O) groups is 1. The normalized spacial score (nSPS) is 9.94. The Morgan fingerprint density at radius 3 is 2.82 bits per heavy atom. The van der Waals surface area contributed by atoms with E-state index in [0.29, 0.717) is 12.2 Å². The number of carbonyl (C=O) groups excluding carboxylic acids is 1. The molecule has 0 aromatic carbocycles. The number of hydrogen-bond donors (Lipinski definition) is 1. The molecule has 0 atom stereocenters. The summed E-state index contributed by atoms with van der Waals surface area (Å²) >= 11 is 0. The number of hydrogen-bond acceptors (Lipinski definition) is 3. The van der Waals surface area contributed by atoms with Gasteiger partial charge in [0.05, 0.1) is 0 Å². The van der Waals surface area contributed by atoms with Gasteiger partial charge in [0.15, 0.2) is 0 Å². The highest BCUT2D eigenvalue weighted by atomic mass is 16.1. The third kappa shape index (κ3) is 2.87. The fourth-order valence-electron chi connectivity index (χ4n) is 1.49. The Balaban J connectivity index is 2.01. The molecule has 0 saturated carbocycles. The highest BCUT2D eigenvalue weighted by Crippen LogP contribution is 2.03. The molecule has 0 radical (unpaired) electrons. The van der Waals surface area contributed by atoms with Crippen molar-refractivity contribution in [2.75, 3.05) is 0 Å². The average Bonchev–Trinajstić information content (AvgIpc) is 2.38. The molecule has 4 heteroatoms. The Morgan fingerprint density at radius 2 is 2.12 bits per heavy atom. The van der Waals surface area contributed by atoms with Crippen LogP contribution < -0.4 is 5.32 Å². The van der Waals surface area contributed by atoms with Crippen molar-refractivity contribution >= 4 is 5.91 Å². The van der Waals surface area contributed by atoms with Crippen molar-refractivity contribution in [2.24, 2.45) is 0 Å². The van der Waals surface area contributed by atoms with E-state index in [-0.39, 0.29) is 5.91 Å². The van der Waals surface area contributed by atoms with Gasteiger partial charge in [0.2, 0.25) is 0 Å². The molecule has 0 fully saturated rings. The Kier molecular flexibility index (Phi) is 3.45. The van der Waals surface area contributed by atoms with Gasteiger partial charge in [-0.3, -0.25) is 14.8 Å². The quantitative estimate of drug-likeness (QED) is 0.868. The Bertz CT molecular complexity index is 511. The van der Waals surface area contributed by atoms with E-state index >= 15 is 0 Å². The van der Waals surface area contributed by atoms with Crippen LogP contribution in [0, 0.1) is 6.92 Å². The number of rotatable bonds is 3. The molecule has 2 heterocycles. The first kappa shape index (κ1) is 11.3. The largest absolute Gasteiger partial charge is 0.347 e. The molecule has 0 unspecified atom stereocenters. The lowest BCUT2D eigenvalue weighted by Crippen LogP contribution is -2.24. The predicted octanol–water partition coefficient (Wildman–Crippen LogP) is 1.72. The smallest absolute Gasteiger partial charge is 0.270 e. The highest BCUT2D eigenvalue weighted by molar-refractivity contribution is 5.93. The van der Waals surface area contributed by atoms with Crippen LogP contribution in [0.1, 0.15) is 21.6 Å². The van der Waals surface area contributed by atoms with Gasteiger partial charge < -0.3 is 5.32 Å². The Labute approximate surface area is 99.7 Å². The molecule has 1 amide bonds. The Morgan fingerprint density at radius 1 is 1.29 bits per heavy atom. The van der Waals surface area contributed by atoms with E-state index in [9.17, 15) is 4.79 Å². The monoisotopic (exact) mass is 227 g/mol. The van der Waals surface area contributed by atoms with Crippen molar-refractivity contribution in [3.8, 4) is 0 Å². The zero-order valence-corrected chi connectivity index (χ0v) is 9.55. The fourth-order valence-corrected chi connectivity index (χ4v) is 1.49. The third-order valence-corrected chi connectivity index (χ3v) is 2.40. The first-order valence-corrected chi connectivity index (χ1v) is 5.36. The molecule has 0 aliphatic rings. The van der Waals surface area contributed by atoms with Crippen LogP contribution in [-0.2, 0) is 6.54 Å². The van der Waals surface area contributed by atoms with E-state index in [1.54, 1.807) is 18.6 Å². The first-order valence-electron chi connectivity index (χ1n) is 5.36. The molecule has 4 nitrogen and oxygen atoms in total. The molecule has 2 rings (SSSR count). The van der Waals surface area contributed by atoms with Gasteiger partial charge in [0.1, 0.15) is 5.69 Å². The van der Waals surface area contributed by atoms with Crippen molar-refractivity contribution in [2.45, 2.75) is 13.5 Å². The summed E-state index contributed by atoms with van der Waals surface area (Å²) in [6.45, 7) is 2.33. The van der Waals surface area contributed by atoms with Gasteiger partial charge in [0.25, 0.3) is 5.91 Å². The molecule has 86 valence electrons. The van der Waals surface area contributed by atoms with Crippen molar-refractivity contribution in [1.82, 2.24) is 15.3 Å². The molecular formula is C13H13N3O. The van der Waals surface area contributed by atoms with E-state index in [0.717, 1.165) is 11.1 Å². The number of pyridine rings is 2. The predicted molar refractivity (Wildman–Crippen MR) is 64.4 cm³/mol. The maximum absolute atomic E-state index is 11.8. The lowest BCUT2D eigenvalue weighted by Gasteiger charge is -2.06. The molecule has 0 spiro atoms. The van der Waals surface area contributed by atoms with Gasteiger partial charge in [-0.15, -0.1) is 0 Å². The molecular weight excluding hydrogens is 214 g/mol. The minimum absolute atomic E-state index is 0.160. The summed E-state index contributed by atoms with van der Waals surface area (Å²) in [4.78, 5) is 19.9. The molecule has 2 aromatic heterocycles. The minimum atomic E-state index is -0.160. The van der Waals surface area contributed by atoms with Crippen LogP contribution in [0.4, 0.5) is 0 Å². The SMILES string of the molecule is Cc1cccnc1C(=O)NCc1cccnc1. The summed E-state index contributed by atoms with van der Waals surface area (Å²) in [5.74, 6) is -0.160. The second-order valence-corrected chi connectivity index (χ2v) is 3.71. The van der Waals surface area contributed by atoms with Gasteiger partial charge in [-0.25, -0.2) is 0 Å². The molecule has 0 aliphatic carbocycles. The summed E-state index contributed by atoms with van der Waals surface area (Å²) < 4.78 is 0. The summed E-state index contributed by atoms with van der Waals surface area (Å²) in [7, 11) is 0. The zero-order valence-electron chi connectivity index (χ0n) is 9.55. The van der Waals surface area contributed by atoms with Crippen LogP contribution in [0.2, 0.25) is 0 Å². The van der Waals surface area contributed by atoms with Gasteiger partial charge in [-0.05, 0) is 30.2 Å². The number of nitrogens with one attached hydrogen (secondary N) is 1. The number of aromatic nitrogens is 2. The molecule has 17 heavy (non-hydrogen) atoms. The Hall–Kier alpha value is -2.23. The van der Waals surface area contributed by atoms with E-state index in [2.05, 4.69) is 15.3 Å². The maximum Gasteiger partial charge on any atom is 0.270 e. The second kappa shape index (κ2) is 5.21. The van der Waals surface area contributed by atoms with Crippen LogP contribution >= 0.6 is 0 Å². The molecule has 2 aromatic rings. The van der Waals surface area contributed by atoms with Crippen molar-refractivity contribution in [3.63, 3.8) is 0 Å². The zero-order chi connectivity index (χ0) is 12.1. The summed E-state index contributed by atoms with van der Waals surface area (Å²) in [6, 6.07) is 7.44. The average molecular weight is 227 g/mol. The van der Waals surface area contributed by atoms with E-state index in [4.69, 9.17) is 0 Å². The van der Waals surface area contributed by atoms with E-state index < -0.39 is 0 Å². The van der Waals surface area contributed by atoms with Crippen LogP contribution in [0.5, 0.6) is 0 Å². The van der Waals surface area contributed by atoms with Gasteiger partial charge in [-0.2, -0.15) is 0 Å². The summed E-state index contributed by atoms with van der Waals surface area (Å²) in [6.07, 6.45) is 5.05. The van der Waals surface area contributed by atoms with E-state index in [1.165, 1.54) is 0 Å². The molecule has 0 saturated heterocycles. The lowest BCUT2D eigenvalue weighted by atomic mass is 10.2. The van der Waals surface area contributed by atoms with Gasteiger partial charge >= 0.3 is 0 Å². The topological polar surface area (TPSA) is 54.9 Å². The lowest BCUT2D eigenvalue weighted by molar-refractivity contribution is 0.0945. The second-order valence-electron chi connectivity index (χ2n) is 3.71. The molecule has 1 N–H and O–H groups in total. The van der Waals surface area contributed by atoms with Crippen LogP contribution in [0.15, 0.2) is 42.9 Å². The van der Waals surface area contributed by atoms with Gasteiger partial charge in [-0.1, -0.05) is 12.1 Å². The third-order valence-electron chi connectivity index (χ3n) is 2.40. The number of amides is 1. The van der Waals surface area contributed by atoms with E-state index in [1.807, 2.05) is 31.2 Å². The van der Waals surface area contributed by atoms with Crippen molar-refractivity contribution < 1.29 is 4.79 Å². The molecule has 0 bridgehead atoms. The van der Waals surface area contributed by atoms with Gasteiger partial charge in [0, 0.05) is 25.1 Å². The van der Waals surface area contributed by atoms with Crippen LogP contribution in [0.3, 0.4) is 0 Å². The van der Waals surface area contributed by atoms with Crippen LogP contribution in [0.25, 0.3) is 0 Å². The number of aryl methyl sites for hydroxylation is 1. The molecule has 0 aliphatic heterocycles. The summed E-state index contributed by atoms with van der Waals surface area (Å²) in [5.41, 5.74) is 2.31. The van der Waals surface area contributed by atoms with Crippen molar-refractivity contribution in [3.05, 3.63) is 59.7 Å². The highest BCUT2D eigenvalue weighted by Gasteiger charge is 2.08. The fraction of sp³-hybridized carbons (Fsp3) is 0.154. The van der Waals surface area contributed by atoms with Crippen molar-refractivity contribution in [1.29, 1.82) is 0 Å². The number of nitrogens with zero attached hydrogens (tertiary/aromatic N) is 2. The maximum atomic E-state index is 11.8.